The van der Waals surface area contributed by atoms with Gasteiger partial charge >= 0.3 is 0 Å². The number of fused-ring (bicyclic) bond motifs is 2. The molecular weight excluding hydrogens is 244 g/mol. The summed E-state index contributed by atoms with van der Waals surface area (Å²) in [5.74, 6) is 0.126. The van der Waals surface area contributed by atoms with Crippen LogP contribution < -0.4 is 0 Å². The fourth-order valence-electron chi connectivity index (χ4n) is 3.21. The van der Waals surface area contributed by atoms with Crippen molar-refractivity contribution in [3.8, 4) is 0 Å². The highest BCUT2D eigenvalue weighted by Crippen LogP contribution is 2.56. The number of aldehydes is 1. The normalized spacial score (nSPS) is 42.9. The molecule has 0 aromatic heterocycles. The van der Waals surface area contributed by atoms with Crippen LogP contribution in [0.5, 0.6) is 0 Å². The first-order valence-electron chi connectivity index (χ1n) is 6.46. The Morgan fingerprint density at radius 1 is 1.37 bits per heavy atom. The molecular formula is C15H20O4. The summed E-state index contributed by atoms with van der Waals surface area (Å²) in [7, 11) is 0. The molecule has 1 aliphatic carbocycles. The largest absolute Gasteiger partial charge is 0.382 e. The fourth-order valence-corrected chi connectivity index (χ4v) is 3.21. The van der Waals surface area contributed by atoms with E-state index in [1.54, 1.807) is 26.0 Å². The van der Waals surface area contributed by atoms with E-state index in [-0.39, 0.29) is 12.2 Å². The molecule has 104 valence electrons. The molecule has 2 aliphatic rings. The smallest absolute Gasteiger partial charge is 0.143 e. The maximum Gasteiger partial charge on any atom is 0.143 e. The molecule has 4 nitrogen and oxygen atoms in total. The molecule has 2 fully saturated rings. The van der Waals surface area contributed by atoms with E-state index in [0.717, 1.165) is 5.57 Å². The Labute approximate surface area is 113 Å². The van der Waals surface area contributed by atoms with Crippen molar-refractivity contribution < 1.29 is 19.4 Å². The average molecular weight is 264 g/mol. The lowest BCUT2D eigenvalue weighted by molar-refractivity contribution is -0.151. The molecule has 1 N–H and O–H groups in total. The van der Waals surface area contributed by atoms with Crippen LogP contribution in [0.15, 0.2) is 23.8 Å². The van der Waals surface area contributed by atoms with Crippen molar-refractivity contribution in [1.82, 2.24) is 0 Å². The minimum Gasteiger partial charge on any atom is -0.382 e. The van der Waals surface area contributed by atoms with Gasteiger partial charge in [-0.15, -0.1) is 0 Å². The Morgan fingerprint density at radius 2 is 2.05 bits per heavy atom. The minimum atomic E-state index is -1.19. The molecule has 2 rings (SSSR count). The predicted molar refractivity (Wildman–Crippen MR) is 70.6 cm³/mol. The summed E-state index contributed by atoms with van der Waals surface area (Å²) >= 11 is 0. The molecule has 1 heterocycles. The van der Waals surface area contributed by atoms with Crippen molar-refractivity contribution in [3.63, 3.8) is 0 Å². The number of ketones is 1. The van der Waals surface area contributed by atoms with Gasteiger partial charge in [0.25, 0.3) is 0 Å². The van der Waals surface area contributed by atoms with E-state index in [0.29, 0.717) is 19.3 Å². The molecule has 0 radical (unpaired) electrons. The van der Waals surface area contributed by atoms with Gasteiger partial charge in [0.2, 0.25) is 0 Å². The Kier molecular flexibility index (Phi) is 3.27. The van der Waals surface area contributed by atoms with Crippen LogP contribution >= 0.6 is 0 Å². The summed E-state index contributed by atoms with van der Waals surface area (Å²) in [5, 5.41) is 11.0. The quantitative estimate of drug-likeness (QED) is 0.477. The number of aliphatic hydroxyl groups is 1. The lowest BCUT2D eigenvalue weighted by Gasteiger charge is -2.47. The summed E-state index contributed by atoms with van der Waals surface area (Å²) in [5.41, 5.74) is -1.91. The van der Waals surface area contributed by atoms with Gasteiger partial charge in [-0.1, -0.05) is 13.0 Å². The molecule has 0 unspecified atom stereocenters. The van der Waals surface area contributed by atoms with Crippen LogP contribution in [0.3, 0.4) is 0 Å². The van der Waals surface area contributed by atoms with Crippen molar-refractivity contribution in [2.75, 3.05) is 6.61 Å². The van der Waals surface area contributed by atoms with Crippen LogP contribution in [0.2, 0.25) is 0 Å². The van der Waals surface area contributed by atoms with Crippen molar-refractivity contribution >= 4 is 12.1 Å². The van der Waals surface area contributed by atoms with Gasteiger partial charge in [0.1, 0.15) is 23.3 Å². The number of carbonyl (C=O) groups excluding carboxylic acids is 2. The Morgan fingerprint density at radius 3 is 2.63 bits per heavy atom. The second-order valence-electron chi connectivity index (χ2n) is 6.12. The summed E-state index contributed by atoms with van der Waals surface area (Å²) < 4.78 is 5.73. The molecule has 0 aromatic rings. The van der Waals surface area contributed by atoms with E-state index in [4.69, 9.17) is 4.74 Å². The van der Waals surface area contributed by atoms with Gasteiger partial charge < -0.3 is 9.84 Å². The van der Waals surface area contributed by atoms with Crippen molar-refractivity contribution in [1.29, 1.82) is 0 Å². The summed E-state index contributed by atoms with van der Waals surface area (Å²) in [6.07, 6.45) is 6.08. The van der Waals surface area contributed by atoms with E-state index in [2.05, 4.69) is 0 Å². The van der Waals surface area contributed by atoms with E-state index in [1.165, 1.54) is 6.08 Å². The van der Waals surface area contributed by atoms with Gasteiger partial charge in [0, 0.05) is 18.3 Å². The van der Waals surface area contributed by atoms with Gasteiger partial charge in [-0.25, -0.2) is 0 Å². The predicted octanol–water partition coefficient (Wildman–Crippen LogP) is 1.58. The van der Waals surface area contributed by atoms with Crippen molar-refractivity contribution in [2.24, 2.45) is 5.41 Å². The van der Waals surface area contributed by atoms with Crippen LogP contribution in [0.25, 0.3) is 0 Å². The third-order valence-corrected chi connectivity index (χ3v) is 4.48. The first-order chi connectivity index (χ1) is 8.76. The SMILES string of the molecule is CC(=C/C=O)/C=C/[C@@]1(O)[C@]2(C)CO[C@@]1(C)CC(=O)C2. The molecule has 19 heavy (non-hydrogen) atoms. The molecule has 1 aliphatic heterocycles. The Balaban J connectivity index is 2.39. The maximum absolute atomic E-state index is 11.8. The number of hydrogen-bond donors (Lipinski definition) is 1. The van der Waals surface area contributed by atoms with Gasteiger partial charge in [-0.05, 0) is 31.6 Å². The maximum atomic E-state index is 11.8. The second-order valence-corrected chi connectivity index (χ2v) is 6.12. The highest BCUT2D eigenvalue weighted by molar-refractivity contribution is 5.83. The minimum absolute atomic E-state index is 0.126. The highest BCUT2D eigenvalue weighted by Gasteiger charge is 2.67. The van der Waals surface area contributed by atoms with Crippen molar-refractivity contribution in [3.05, 3.63) is 23.8 Å². The monoisotopic (exact) mass is 264 g/mol. The Bertz CT molecular complexity index is 455. The molecule has 0 aromatic carbocycles. The van der Waals surface area contributed by atoms with Crippen LogP contribution in [0, 0.1) is 5.41 Å². The fraction of sp³-hybridized carbons (Fsp3) is 0.600. The number of allylic oxidation sites excluding steroid dienone is 3. The average Bonchev–Trinajstić information content (AvgIpc) is 2.44. The molecule has 2 bridgehead atoms. The summed E-state index contributed by atoms with van der Waals surface area (Å²) in [6, 6.07) is 0. The van der Waals surface area contributed by atoms with Gasteiger partial charge in [-0.2, -0.15) is 0 Å². The third kappa shape index (κ3) is 1.99. The zero-order valence-corrected chi connectivity index (χ0v) is 11.6. The highest BCUT2D eigenvalue weighted by atomic mass is 16.5. The van der Waals surface area contributed by atoms with Crippen LogP contribution in [0.1, 0.15) is 33.6 Å². The van der Waals surface area contributed by atoms with Crippen molar-refractivity contribution in [2.45, 2.75) is 44.8 Å². The van der Waals surface area contributed by atoms with Crippen LogP contribution in [-0.4, -0.2) is 35.0 Å². The number of rotatable bonds is 3. The van der Waals surface area contributed by atoms with Gasteiger partial charge in [-0.3, -0.25) is 9.59 Å². The van der Waals surface area contributed by atoms with E-state index >= 15 is 0 Å². The number of ether oxygens (including phenoxy) is 1. The second kappa shape index (κ2) is 4.39. The zero-order chi connectivity index (χ0) is 14.3. The van der Waals surface area contributed by atoms with Crippen LogP contribution in [-0.2, 0) is 14.3 Å². The molecule has 1 saturated carbocycles. The zero-order valence-electron chi connectivity index (χ0n) is 11.6. The molecule has 4 heteroatoms. The number of carbonyl (C=O) groups is 2. The first-order valence-corrected chi connectivity index (χ1v) is 6.46. The molecule has 0 spiro atoms. The van der Waals surface area contributed by atoms with E-state index in [1.807, 2.05) is 6.92 Å². The van der Waals surface area contributed by atoms with Crippen LogP contribution in [0.4, 0.5) is 0 Å². The number of hydrogen-bond acceptors (Lipinski definition) is 4. The van der Waals surface area contributed by atoms with E-state index < -0.39 is 16.6 Å². The first kappa shape index (κ1) is 14.2. The number of Topliss-reactive ketones (excluding diaryl/α,β-unsaturated/α-hetero) is 1. The summed E-state index contributed by atoms with van der Waals surface area (Å²) in [4.78, 5) is 22.2. The van der Waals surface area contributed by atoms with Gasteiger partial charge in [0.05, 0.1) is 6.61 Å². The lowest BCUT2D eigenvalue weighted by Crippen LogP contribution is -2.60. The molecule has 3 atom stereocenters. The topological polar surface area (TPSA) is 63.6 Å². The molecule has 1 saturated heterocycles. The third-order valence-electron chi connectivity index (χ3n) is 4.48. The lowest BCUT2D eigenvalue weighted by atomic mass is 9.59. The van der Waals surface area contributed by atoms with Gasteiger partial charge in [0.15, 0.2) is 0 Å². The molecule has 0 amide bonds. The Hall–Kier alpha value is -1.26. The standard InChI is InChI=1S/C15H20O4/c1-11(5-7-16)4-6-15(18)13(2)8-12(17)9-14(15,3)19-10-13/h4-7,18H,8-10H2,1-3H3/b6-4+,11-5-/t13-,14-,15+/m0/s1. The van der Waals surface area contributed by atoms with E-state index in [9.17, 15) is 14.7 Å². The summed E-state index contributed by atoms with van der Waals surface area (Å²) in [6.45, 7) is 5.80.